The van der Waals surface area contributed by atoms with Gasteiger partial charge in [0.1, 0.15) is 11.3 Å². The third kappa shape index (κ3) is 1.30. The van der Waals surface area contributed by atoms with Gasteiger partial charge in [-0.2, -0.15) is 0 Å². The van der Waals surface area contributed by atoms with E-state index >= 15 is 0 Å². The molecule has 3 aromatic rings. The zero-order chi connectivity index (χ0) is 10.3. The van der Waals surface area contributed by atoms with Crippen molar-refractivity contribution in [3.8, 4) is 17.2 Å². The average Bonchev–Trinajstić information content (AvgIpc) is 2.82. The van der Waals surface area contributed by atoms with Crippen LogP contribution in [0.3, 0.4) is 0 Å². The molecule has 0 radical (unpaired) electrons. The summed E-state index contributed by atoms with van der Waals surface area (Å²) in [5, 5.41) is 13.0. The van der Waals surface area contributed by atoms with E-state index in [4.69, 9.17) is 4.42 Å². The van der Waals surface area contributed by atoms with E-state index in [-0.39, 0.29) is 5.75 Å². The van der Waals surface area contributed by atoms with E-state index < -0.39 is 0 Å². The lowest BCUT2D eigenvalue weighted by Crippen LogP contribution is -1.72. The molecule has 0 amide bonds. The zero-order valence-electron chi connectivity index (χ0n) is 7.68. The molecule has 74 valence electrons. The van der Waals surface area contributed by atoms with Crippen LogP contribution in [0.25, 0.3) is 22.6 Å². The van der Waals surface area contributed by atoms with Gasteiger partial charge in [-0.1, -0.05) is 12.1 Å². The fourth-order valence-corrected chi connectivity index (χ4v) is 2.12. The molecule has 0 aliphatic carbocycles. The smallest absolute Gasteiger partial charge is 0.231 e. The predicted octanol–water partition coefficient (Wildman–Crippen LogP) is 3.26. The van der Waals surface area contributed by atoms with Crippen LogP contribution in [0.1, 0.15) is 0 Å². The van der Waals surface area contributed by atoms with Crippen LogP contribution in [-0.4, -0.2) is 10.1 Å². The Morgan fingerprint density at radius 3 is 2.80 bits per heavy atom. The normalized spacial score (nSPS) is 10.9. The number of oxazole rings is 1. The van der Waals surface area contributed by atoms with Gasteiger partial charge in [0.25, 0.3) is 0 Å². The summed E-state index contributed by atoms with van der Waals surface area (Å²) < 4.78 is 5.53. The number of aromatic nitrogens is 1. The summed E-state index contributed by atoms with van der Waals surface area (Å²) in [5.74, 6) is 0.682. The minimum atomic E-state index is 0.214. The van der Waals surface area contributed by atoms with Crippen molar-refractivity contribution >= 4 is 22.4 Å². The quantitative estimate of drug-likeness (QED) is 0.680. The second-order valence-electron chi connectivity index (χ2n) is 3.16. The Labute approximate surface area is 89.6 Å². The average molecular weight is 217 g/mol. The van der Waals surface area contributed by atoms with Gasteiger partial charge in [0, 0.05) is 10.8 Å². The lowest BCUT2D eigenvalue weighted by Gasteiger charge is -1.89. The standard InChI is InChI=1S/C11H7NO2S/c13-9-6-15-5-7(9)11-12-8-3-1-2-4-10(8)14-11/h1-6,13H. The molecule has 0 fully saturated rings. The maximum absolute atomic E-state index is 9.54. The first-order valence-corrected chi connectivity index (χ1v) is 5.40. The molecule has 2 aromatic heterocycles. The summed E-state index contributed by atoms with van der Waals surface area (Å²) in [5.41, 5.74) is 2.19. The van der Waals surface area contributed by atoms with Gasteiger partial charge in [-0.3, -0.25) is 0 Å². The summed E-state index contributed by atoms with van der Waals surface area (Å²) in [6.07, 6.45) is 0. The molecule has 4 heteroatoms. The summed E-state index contributed by atoms with van der Waals surface area (Å²) in [7, 11) is 0. The summed E-state index contributed by atoms with van der Waals surface area (Å²) >= 11 is 1.42. The highest BCUT2D eigenvalue weighted by Crippen LogP contribution is 2.33. The van der Waals surface area contributed by atoms with Crippen LogP contribution >= 0.6 is 11.3 Å². The van der Waals surface area contributed by atoms with Crippen LogP contribution in [0.4, 0.5) is 0 Å². The highest BCUT2D eigenvalue weighted by molar-refractivity contribution is 7.08. The van der Waals surface area contributed by atoms with Crippen molar-refractivity contribution in [3.63, 3.8) is 0 Å². The van der Waals surface area contributed by atoms with E-state index in [0.29, 0.717) is 11.5 Å². The van der Waals surface area contributed by atoms with Gasteiger partial charge in [-0.25, -0.2) is 4.98 Å². The molecule has 0 aliphatic rings. The number of rotatable bonds is 1. The van der Waals surface area contributed by atoms with E-state index in [1.54, 1.807) is 5.38 Å². The van der Waals surface area contributed by atoms with Crippen molar-refractivity contribution < 1.29 is 9.52 Å². The molecule has 0 aliphatic heterocycles. The SMILES string of the molecule is Oc1cscc1-c1nc2ccccc2o1. The fraction of sp³-hybridized carbons (Fsp3) is 0. The van der Waals surface area contributed by atoms with Crippen LogP contribution < -0.4 is 0 Å². The zero-order valence-corrected chi connectivity index (χ0v) is 8.49. The molecule has 0 atom stereocenters. The molecule has 1 N–H and O–H groups in total. The second kappa shape index (κ2) is 3.10. The van der Waals surface area contributed by atoms with Crippen LogP contribution in [0.2, 0.25) is 0 Å². The van der Waals surface area contributed by atoms with Gasteiger partial charge in [-0.15, -0.1) is 11.3 Å². The molecule has 0 saturated heterocycles. The number of aromatic hydroxyl groups is 1. The van der Waals surface area contributed by atoms with E-state index in [1.165, 1.54) is 11.3 Å². The number of fused-ring (bicyclic) bond motifs is 1. The third-order valence-corrected chi connectivity index (χ3v) is 2.90. The summed E-state index contributed by atoms with van der Waals surface area (Å²) in [6.45, 7) is 0. The van der Waals surface area contributed by atoms with Crippen molar-refractivity contribution in [1.29, 1.82) is 0 Å². The van der Waals surface area contributed by atoms with Crippen LogP contribution in [-0.2, 0) is 0 Å². The van der Waals surface area contributed by atoms with E-state index in [1.807, 2.05) is 29.6 Å². The molecule has 0 saturated carbocycles. The highest BCUT2D eigenvalue weighted by Gasteiger charge is 2.12. The number of para-hydroxylation sites is 2. The number of thiophene rings is 1. The van der Waals surface area contributed by atoms with Gasteiger partial charge in [0.15, 0.2) is 5.58 Å². The molecule has 2 heterocycles. The Bertz CT molecular complexity index is 579. The third-order valence-electron chi connectivity index (χ3n) is 2.17. The Morgan fingerprint density at radius 2 is 2.07 bits per heavy atom. The molecular weight excluding hydrogens is 210 g/mol. The van der Waals surface area contributed by atoms with Crippen LogP contribution in [0.15, 0.2) is 39.4 Å². The Hall–Kier alpha value is -1.81. The van der Waals surface area contributed by atoms with Crippen molar-refractivity contribution in [3.05, 3.63) is 35.0 Å². The maximum Gasteiger partial charge on any atom is 0.231 e. The molecule has 0 bridgehead atoms. The van der Waals surface area contributed by atoms with Crippen LogP contribution in [0.5, 0.6) is 5.75 Å². The molecule has 1 aromatic carbocycles. The first kappa shape index (κ1) is 8.49. The monoisotopic (exact) mass is 217 g/mol. The van der Waals surface area contributed by atoms with E-state index in [2.05, 4.69) is 4.98 Å². The Balaban J connectivity index is 2.24. The van der Waals surface area contributed by atoms with Crippen LogP contribution in [0, 0.1) is 0 Å². The number of hydrogen-bond donors (Lipinski definition) is 1. The van der Waals surface area contributed by atoms with E-state index in [9.17, 15) is 5.11 Å². The molecular formula is C11H7NO2S. The molecule has 15 heavy (non-hydrogen) atoms. The molecule has 0 spiro atoms. The number of nitrogens with zero attached hydrogens (tertiary/aromatic N) is 1. The van der Waals surface area contributed by atoms with Gasteiger partial charge < -0.3 is 9.52 Å². The lowest BCUT2D eigenvalue weighted by atomic mass is 10.3. The number of benzene rings is 1. The molecule has 3 nitrogen and oxygen atoms in total. The number of hydrogen-bond acceptors (Lipinski definition) is 4. The largest absolute Gasteiger partial charge is 0.506 e. The minimum absolute atomic E-state index is 0.214. The van der Waals surface area contributed by atoms with Gasteiger partial charge >= 0.3 is 0 Å². The molecule has 0 unspecified atom stereocenters. The van der Waals surface area contributed by atoms with Gasteiger partial charge in [-0.05, 0) is 12.1 Å². The van der Waals surface area contributed by atoms with E-state index in [0.717, 1.165) is 11.1 Å². The highest BCUT2D eigenvalue weighted by atomic mass is 32.1. The molecule has 3 rings (SSSR count). The van der Waals surface area contributed by atoms with Crippen molar-refractivity contribution in [2.24, 2.45) is 0 Å². The predicted molar refractivity (Wildman–Crippen MR) is 59.0 cm³/mol. The maximum atomic E-state index is 9.54. The Morgan fingerprint density at radius 1 is 1.20 bits per heavy atom. The van der Waals surface area contributed by atoms with Crippen molar-refractivity contribution in [1.82, 2.24) is 4.98 Å². The van der Waals surface area contributed by atoms with Gasteiger partial charge in [0.05, 0.1) is 5.56 Å². The summed E-state index contributed by atoms with van der Waals surface area (Å²) in [6, 6.07) is 7.54. The second-order valence-corrected chi connectivity index (χ2v) is 3.90. The van der Waals surface area contributed by atoms with Gasteiger partial charge in [0.2, 0.25) is 5.89 Å². The first-order chi connectivity index (χ1) is 7.34. The fourth-order valence-electron chi connectivity index (χ4n) is 1.44. The summed E-state index contributed by atoms with van der Waals surface area (Å²) in [4.78, 5) is 4.30. The topological polar surface area (TPSA) is 46.3 Å². The Kier molecular flexibility index (Phi) is 1.76. The van der Waals surface area contributed by atoms with Crippen molar-refractivity contribution in [2.45, 2.75) is 0 Å². The first-order valence-electron chi connectivity index (χ1n) is 4.46. The lowest BCUT2D eigenvalue weighted by molar-refractivity contribution is 0.476. The van der Waals surface area contributed by atoms with Crippen molar-refractivity contribution in [2.75, 3.05) is 0 Å². The minimum Gasteiger partial charge on any atom is -0.506 e.